The molecular formula is C27H35ClFNO4S. The molecule has 8 heteroatoms. The second kappa shape index (κ2) is 12.0. The van der Waals surface area contributed by atoms with Crippen LogP contribution in [0.15, 0.2) is 36.4 Å². The molecule has 5 nitrogen and oxygen atoms in total. The molecule has 0 radical (unpaired) electrons. The number of hydrogen-bond acceptors (Lipinski definition) is 5. The van der Waals surface area contributed by atoms with Crippen LogP contribution in [-0.4, -0.2) is 39.7 Å². The second-order valence-corrected chi connectivity index (χ2v) is 11.5. The number of halogens is 2. The summed E-state index contributed by atoms with van der Waals surface area (Å²) in [5.74, 6) is -0.622. The van der Waals surface area contributed by atoms with Crippen LogP contribution in [0.3, 0.4) is 0 Å². The molecule has 0 saturated carbocycles. The number of hydrogen-bond donors (Lipinski definition) is 1. The number of benzene rings is 2. The van der Waals surface area contributed by atoms with Gasteiger partial charge in [-0.3, -0.25) is 8.98 Å². The lowest BCUT2D eigenvalue weighted by atomic mass is 9.69. The van der Waals surface area contributed by atoms with E-state index in [0.717, 1.165) is 37.5 Å². The van der Waals surface area contributed by atoms with E-state index in [1.165, 1.54) is 23.3 Å². The van der Waals surface area contributed by atoms with Gasteiger partial charge < -0.3 is 5.32 Å². The number of nitrogens with one attached hydrogen (secondary N) is 1. The highest BCUT2D eigenvalue weighted by atomic mass is 35.5. The highest BCUT2D eigenvalue weighted by Gasteiger charge is 2.39. The third-order valence-electron chi connectivity index (χ3n) is 7.08. The van der Waals surface area contributed by atoms with Crippen LogP contribution in [0, 0.1) is 5.82 Å². The van der Waals surface area contributed by atoms with Crippen LogP contribution in [0.25, 0.3) is 0 Å². The smallest absolute Gasteiger partial charge is 0.264 e. The molecule has 1 saturated heterocycles. The molecule has 3 rings (SSSR count). The SMILES string of the molecule is CCc1ccc(C2(CCOS(C)(=O)=O)CCCNC(C(=O)Cc3c(F)cccc3Cl)C2)cc1CC. The lowest BCUT2D eigenvalue weighted by Crippen LogP contribution is -2.42. The van der Waals surface area contributed by atoms with Crippen molar-refractivity contribution in [1.29, 1.82) is 0 Å². The first-order chi connectivity index (χ1) is 16.6. The van der Waals surface area contributed by atoms with E-state index in [0.29, 0.717) is 19.4 Å². The van der Waals surface area contributed by atoms with Crippen LogP contribution in [0.5, 0.6) is 0 Å². The van der Waals surface area contributed by atoms with Gasteiger partial charge in [-0.25, -0.2) is 4.39 Å². The van der Waals surface area contributed by atoms with Gasteiger partial charge in [-0.05, 0) is 79.3 Å². The Bertz CT molecular complexity index is 1130. The molecule has 1 heterocycles. The van der Waals surface area contributed by atoms with E-state index in [1.54, 1.807) is 6.07 Å². The fourth-order valence-electron chi connectivity index (χ4n) is 5.15. The maximum atomic E-state index is 14.4. The van der Waals surface area contributed by atoms with Crippen LogP contribution >= 0.6 is 11.6 Å². The van der Waals surface area contributed by atoms with Crippen molar-refractivity contribution in [3.8, 4) is 0 Å². The topological polar surface area (TPSA) is 72.5 Å². The van der Waals surface area contributed by atoms with E-state index in [4.69, 9.17) is 15.8 Å². The van der Waals surface area contributed by atoms with Crippen molar-refractivity contribution in [3.05, 3.63) is 69.5 Å². The maximum absolute atomic E-state index is 14.4. The Labute approximate surface area is 213 Å². The van der Waals surface area contributed by atoms with Crippen molar-refractivity contribution < 1.29 is 21.8 Å². The summed E-state index contributed by atoms with van der Waals surface area (Å²) in [4.78, 5) is 13.4. The standard InChI is InChI=1S/C27H35ClFNO4S/c1-4-19-10-11-21(16-20(19)5-2)27(13-15-34-35(3,32)33)12-7-14-30-25(18-27)26(31)17-22-23(28)8-6-9-24(22)29/h6,8-11,16,25,30H,4-5,7,12-15,17-18H2,1-3H3. The van der Waals surface area contributed by atoms with Gasteiger partial charge >= 0.3 is 0 Å². The summed E-state index contributed by atoms with van der Waals surface area (Å²) in [6, 6.07) is 10.4. The highest BCUT2D eigenvalue weighted by molar-refractivity contribution is 7.85. The van der Waals surface area contributed by atoms with Crippen LogP contribution in [0.4, 0.5) is 4.39 Å². The normalized spacial score (nSPS) is 21.0. The number of rotatable bonds is 10. The molecule has 2 unspecified atom stereocenters. The number of ketones is 1. The van der Waals surface area contributed by atoms with E-state index in [-0.39, 0.29) is 29.4 Å². The molecule has 1 aliphatic heterocycles. The number of carbonyl (C=O) groups excluding carboxylic acids is 1. The molecule has 1 fully saturated rings. The lowest BCUT2D eigenvalue weighted by molar-refractivity contribution is -0.120. The maximum Gasteiger partial charge on any atom is 0.264 e. The Kier molecular flexibility index (Phi) is 9.49. The van der Waals surface area contributed by atoms with Crippen molar-refractivity contribution in [2.45, 2.75) is 70.3 Å². The van der Waals surface area contributed by atoms with E-state index in [9.17, 15) is 17.6 Å². The molecule has 1 N–H and O–H groups in total. The van der Waals surface area contributed by atoms with Crippen LogP contribution in [-0.2, 0) is 43.8 Å². The number of Topliss-reactive ketones (excluding diaryl/α,β-unsaturated/α-hetero) is 1. The molecule has 35 heavy (non-hydrogen) atoms. The molecule has 2 aromatic rings. The van der Waals surface area contributed by atoms with Gasteiger partial charge in [0.1, 0.15) is 5.82 Å². The van der Waals surface area contributed by atoms with Gasteiger partial charge in [-0.15, -0.1) is 0 Å². The van der Waals surface area contributed by atoms with Gasteiger partial charge in [-0.2, -0.15) is 8.42 Å². The van der Waals surface area contributed by atoms with Gasteiger partial charge in [0.05, 0.1) is 18.9 Å². The lowest BCUT2D eigenvalue weighted by Gasteiger charge is -2.36. The second-order valence-electron chi connectivity index (χ2n) is 9.40. The fraction of sp³-hybridized carbons (Fsp3) is 0.519. The molecule has 0 bridgehead atoms. The Hall–Kier alpha value is -1.80. The van der Waals surface area contributed by atoms with Gasteiger partial charge in [0.15, 0.2) is 5.78 Å². The number of carbonyl (C=O) groups is 1. The zero-order valence-corrected chi connectivity index (χ0v) is 22.3. The molecule has 0 spiro atoms. The minimum atomic E-state index is -3.59. The Morgan fingerprint density at radius 2 is 1.94 bits per heavy atom. The molecular weight excluding hydrogens is 489 g/mol. The molecule has 192 valence electrons. The summed E-state index contributed by atoms with van der Waals surface area (Å²) in [5, 5.41) is 3.59. The largest absolute Gasteiger partial charge is 0.307 e. The molecule has 0 aliphatic carbocycles. The Morgan fingerprint density at radius 1 is 1.20 bits per heavy atom. The van der Waals surface area contributed by atoms with E-state index in [1.807, 2.05) is 0 Å². The van der Waals surface area contributed by atoms with Crippen LogP contribution in [0.1, 0.15) is 61.8 Å². The summed E-state index contributed by atoms with van der Waals surface area (Å²) in [7, 11) is -3.59. The molecule has 0 amide bonds. The third-order valence-corrected chi connectivity index (χ3v) is 8.03. The first-order valence-corrected chi connectivity index (χ1v) is 14.4. The molecule has 2 atom stereocenters. The number of aryl methyl sites for hydroxylation is 2. The predicted molar refractivity (Wildman–Crippen MR) is 138 cm³/mol. The minimum absolute atomic E-state index is 0.0376. The Morgan fingerprint density at radius 3 is 2.60 bits per heavy atom. The predicted octanol–water partition coefficient (Wildman–Crippen LogP) is 5.16. The third kappa shape index (κ3) is 7.13. The van der Waals surface area contributed by atoms with E-state index >= 15 is 0 Å². The van der Waals surface area contributed by atoms with Gasteiger partial charge in [0, 0.05) is 17.0 Å². The zero-order valence-electron chi connectivity index (χ0n) is 20.7. The molecule has 0 aromatic heterocycles. The van der Waals surface area contributed by atoms with Crippen LogP contribution < -0.4 is 5.32 Å². The van der Waals surface area contributed by atoms with Crippen molar-refractivity contribution in [2.75, 3.05) is 19.4 Å². The monoisotopic (exact) mass is 523 g/mol. The average Bonchev–Trinajstić information content (AvgIpc) is 3.04. The fourth-order valence-corrected chi connectivity index (χ4v) is 5.76. The summed E-state index contributed by atoms with van der Waals surface area (Å²) in [6.07, 6.45) is 5.30. The summed E-state index contributed by atoms with van der Waals surface area (Å²) in [5.41, 5.74) is 3.38. The van der Waals surface area contributed by atoms with Gasteiger partial charge in [-0.1, -0.05) is 49.7 Å². The molecule has 1 aliphatic rings. The van der Waals surface area contributed by atoms with Crippen molar-refractivity contribution in [2.24, 2.45) is 0 Å². The summed E-state index contributed by atoms with van der Waals surface area (Å²) < 4.78 is 42.9. The Balaban J connectivity index is 1.96. The first-order valence-electron chi connectivity index (χ1n) is 12.2. The molecule has 2 aromatic carbocycles. The van der Waals surface area contributed by atoms with E-state index in [2.05, 4.69) is 37.4 Å². The minimum Gasteiger partial charge on any atom is -0.307 e. The van der Waals surface area contributed by atoms with Crippen LogP contribution in [0.2, 0.25) is 5.02 Å². The van der Waals surface area contributed by atoms with Gasteiger partial charge in [0.2, 0.25) is 0 Å². The quantitative estimate of drug-likeness (QED) is 0.435. The first kappa shape index (κ1) is 27.8. The van der Waals surface area contributed by atoms with Crippen molar-refractivity contribution in [3.63, 3.8) is 0 Å². The van der Waals surface area contributed by atoms with Crippen molar-refractivity contribution >= 4 is 27.5 Å². The van der Waals surface area contributed by atoms with Crippen molar-refractivity contribution in [1.82, 2.24) is 5.32 Å². The average molecular weight is 524 g/mol. The van der Waals surface area contributed by atoms with Gasteiger partial charge in [0.25, 0.3) is 10.1 Å². The highest BCUT2D eigenvalue weighted by Crippen LogP contribution is 2.40. The van der Waals surface area contributed by atoms with E-state index < -0.39 is 27.4 Å². The summed E-state index contributed by atoms with van der Waals surface area (Å²) >= 11 is 6.18. The summed E-state index contributed by atoms with van der Waals surface area (Å²) in [6.45, 7) is 4.93. The zero-order chi connectivity index (χ0) is 25.6.